The molecule has 1 heterocycles. The number of halogens is 1. The summed E-state index contributed by atoms with van der Waals surface area (Å²) in [4.78, 5) is 28.0. The Balaban J connectivity index is 1.75. The van der Waals surface area contributed by atoms with Crippen molar-refractivity contribution in [3.8, 4) is 11.5 Å². The van der Waals surface area contributed by atoms with Gasteiger partial charge in [-0.15, -0.1) is 0 Å². The normalized spacial score (nSPS) is 13.1. The van der Waals surface area contributed by atoms with Gasteiger partial charge in [0.1, 0.15) is 17.1 Å². The number of rotatable bonds is 9. The van der Waals surface area contributed by atoms with Crippen molar-refractivity contribution in [2.75, 3.05) is 42.6 Å². The Bertz CT molecular complexity index is 1310. The second kappa shape index (κ2) is 12.2. The van der Waals surface area contributed by atoms with Crippen molar-refractivity contribution in [2.45, 2.75) is 32.6 Å². The van der Waals surface area contributed by atoms with Gasteiger partial charge in [0.2, 0.25) is 5.91 Å². The summed E-state index contributed by atoms with van der Waals surface area (Å²) in [7, 11) is 3.02. The van der Waals surface area contributed by atoms with Gasteiger partial charge in [-0.25, -0.2) is 9.80 Å². The summed E-state index contributed by atoms with van der Waals surface area (Å²) in [6.45, 7) is 3.86. The van der Waals surface area contributed by atoms with Gasteiger partial charge in [-0.2, -0.15) is 0 Å². The summed E-state index contributed by atoms with van der Waals surface area (Å²) in [5, 5.41) is 11.1. The Morgan fingerprint density at radius 3 is 2.37 bits per heavy atom. The van der Waals surface area contributed by atoms with Gasteiger partial charge in [0.25, 0.3) is 0 Å². The first-order chi connectivity index (χ1) is 18.3. The molecule has 1 aliphatic rings. The number of hydrogen-bond acceptors (Lipinski definition) is 6. The minimum atomic E-state index is -1.10. The molecule has 9 heteroatoms. The Hall–Kier alpha value is -3.72. The number of carboxylic acid groups (broad SMARTS) is 1. The van der Waals surface area contributed by atoms with Crippen molar-refractivity contribution in [3.05, 3.63) is 75.8 Å². The van der Waals surface area contributed by atoms with Crippen molar-refractivity contribution in [3.63, 3.8) is 0 Å². The van der Waals surface area contributed by atoms with E-state index in [1.54, 1.807) is 18.2 Å². The third-order valence-electron chi connectivity index (χ3n) is 6.66. The molecule has 1 amide bonds. The van der Waals surface area contributed by atoms with E-state index < -0.39 is 5.97 Å². The largest absolute Gasteiger partial charge is 0.497 e. The first kappa shape index (κ1) is 27.3. The minimum absolute atomic E-state index is 0.00771. The van der Waals surface area contributed by atoms with E-state index in [9.17, 15) is 14.7 Å². The number of piperidine rings is 1. The Morgan fingerprint density at radius 2 is 1.74 bits per heavy atom. The maximum Gasteiger partial charge on any atom is 0.339 e. The molecule has 0 bridgehead atoms. The second-order valence-corrected chi connectivity index (χ2v) is 10.0. The number of carboxylic acids is 1. The Labute approximate surface area is 231 Å². The number of nitrogens with zero attached hydrogens (tertiary/aromatic N) is 2. The molecule has 200 valence electrons. The summed E-state index contributed by atoms with van der Waals surface area (Å²) in [5.74, 6) is -0.399. The number of aryl methyl sites for hydroxylation is 1. The molecule has 0 aromatic heterocycles. The number of anilines is 3. The zero-order chi connectivity index (χ0) is 27.2. The molecule has 3 aromatic carbocycles. The topological polar surface area (TPSA) is 91.3 Å². The molecule has 0 atom stereocenters. The van der Waals surface area contributed by atoms with Crippen LogP contribution in [0.5, 0.6) is 11.5 Å². The molecule has 0 unspecified atom stereocenters. The molecule has 1 aliphatic heterocycles. The third-order valence-corrected chi connectivity index (χ3v) is 7.40. The summed E-state index contributed by atoms with van der Waals surface area (Å²) >= 11 is 3.45. The summed E-state index contributed by atoms with van der Waals surface area (Å²) in [6, 6.07) is 16.5. The van der Waals surface area contributed by atoms with Crippen LogP contribution in [-0.2, 0) is 11.2 Å². The summed E-state index contributed by atoms with van der Waals surface area (Å²) < 4.78 is 11.1. The molecular formula is C29H32BrN3O5. The average Bonchev–Trinajstić information content (AvgIpc) is 2.93. The van der Waals surface area contributed by atoms with Crippen molar-refractivity contribution < 1.29 is 24.2 Å². The zero-order valence-electron chi connectivity index (χ0n) is 21.8. The maximum absolute atomic E-state index is 14.0. The number of amides is 1. The predicted molar refractivity (Wildman–Crippen MR) is 153 cm³/mol. The second-order valence-electron chi connectivity index (χ2n) is 9.19. The van der Waals surface area contributed by atoms with E-state index in [-0.39, 0.29) is 23.6 Å². The van der Waals surface area contributed by atoms with E-state index >= 15 is 0 Å². The van der Waals surface area contributed by atoms with E-state index in [0.29, 0.717) is 15.8 Å². The molecule has 8 nitrogen and oxygen atoms in total. The lowest BCUT2D eigenvalue weighted by Gasteiger charge is -2.35. The molecule has 38 heavy (non-hydrogen) atoms. The monoisotopic (exact) mass is 581 g/mol. The molecular weight excluding hydrogens is 550 g/mol. The van der Waals surface area contributed by atoms with Crippen LogP contribution in [0, 0.1) is 6.92 Å². The lowest BCUT2D eigenvalue weighted by molar-refractivity contribution is -0.117. The first-order valence-corrected chi connectivity index (χ1v) is 13.3. The molecule has 0 radical (unpaired) electrons. The minimum Gasteiger partial charge on any atom is -0.497 e. The van der Waals surface area contributed by atoms with Gasteiger partial charge in [-0.1, -0.05) is 28.1 Å². The number of nitrogens with one attached hydrogen (secondary N) is 1. The zero-order valence-corrected chi connectivity index (χ0v) is 23.4. The van der Waals surface area contributed by atoms with E-state index in [1.807, 2.05) is 43.3 Å². The molecule has 1 fully saturated rings. The number of carbonyl (C=O) groups is 2. The number of methoxy groups -OCH3 is 2. The number of para-hydroxylation sites is 1. The standard InChI is InChI=1S/C29H32BrN3O5/c1-19-8-7-9-25(32-14-5-4-6-15-32)28(19)33(31-21-10-12-22(37-2)13-11-21)27(34)17-20-16-26(38-3)23(29(35)36)18-24(20)30/h7-13,16,18,31H,4-6,14-15,17H2,1-3H3,(H,35,36). The van der Waals surface area contributed by atoms with Crippen molar-refractivity contribution in [2.24, 2.45) is 0 Å². The fourth-order valence-electron chi connectivity index (χ4n) is 4.67. The Kier molecular flexibility index (Phi) is 8.78. The lowest BCUT2D eigenvalue weighted by atomic mass is 10.0. The average molecular weight is 582 g/mol. The summed E-state index contributed by atoms with van der Waals surface area (Å²) in [5.41, 5.74) is 7.44. The highest BCUT2D eigenvalue weighted by Crippen LogP contribution is 2.36. The highest BCUT2D eigenvalue weighted by Gasteiger charge is 2.26. The predicted octanol–water partition coefficient (Wildman–Crippen LogP) is 6.07. The van der Waals surface area contributed by atoms with Crippen LogP contribution in [0.4, 0.5) is 17.1 Å². The highest BCUT2D eigenvalue weighted by atomic mass is 79.9. The highest BCUT2D eigenvalue weighted by molar-refractivity contribution is 9.10. The van der Waals surface area contributed by atoms with Crippen LogP contribution in [0.15, 0.2) is 59.1 Å². The van der Waals surface area contributed by atoms with E-state index in [0.717, 1.165) is 48.6 Å². The molecule has 0 saturated carbocycles. The fraction of sp³-hybridized carbons (Fsp3) is 0.310. The van der Waals surface area contributed by atoms with Gasteiger partial charge >= 0.3 is 5.97 Å². The number of hydrazine groups is 1. The maximum atomic E-state index is 14.0. The van der Waals surface area contributed by atoms with Gasteiger partial charge in [0, 0.05) is 17.6 Å². The van der Waals surface area contributed by atoms with Crippen molar-refractivity contribution in [1.29, 1.82) is 0 Å². The van der Waals surface area contributed by atoms with Crippen LogP contribution in [0.1, 0.15) is 40.7 Å². The van der Waals surface area contributed by atoms with Gasteiger partial charge in [-0.3, -0.25) is 10.2 Å². The number of carbonyl (C=O) groups excluding carboxylic acids is 1. The summed E-state index contributed by atoms with van der Waals surface area (Å²) in [6.07, 6.45) is 3.42. The Morgan fingerprint density at radius 1 is 1.03 bits per heavy atom. The molecule has 2 N–H and O–H groups in total. The van der Waals surface area contributed by atoms with Crippen LogP contribution in [0.3, 0.4) is 0 Å². The number of hydrogen-bond donors (Lipinski definition) is 2. The van der Waals surface area contributed by atoms with E-state index in [2.05, 4.69) is 32.3 Å². The van der Waals surface area contributed by atoms with Crippen LogP contribution in [0.2, 0.25) is 0 Å². The van der Waals surface area contributed by atoms with E-state index in [4.69, 9.17) is 9.47 Å². The molecule has 1 saturated heterocycles. The van der Waals surface area contributed by atoms with Crippen LogP contribution in [-0.4, -0.2) is 44.3 Å². The smallest absolute Gasteiger partial charge is 0.339 e. The SMILES string of the molecule is COc1ccc(NN(C(=O)Cc2cc(OC)c(C(=O)O)cc2Br)c2c(C)cccc2N2CCCCC2)cc1. The number of ether oxygens (including phenoxy) is 2. The molecule has 3 aromatic rings. The number of benzene rings is 3. The van der Waals surface area contributed by atoms with Crippen LogP contribution >= 0.6 is 15.9 Å². The molecule has 0 aliphatic carbocycles. The van der Waals surface area contributed by atoms with Crippen LogP contribution in [0.25, 0.3) is 0 Å². The van der Waals surface area contributed by atoms with E-state index in [1.165, 1.54) is 19.6 Å². The fourth-order valence-corrected chi connectivity index (χ4v) is 5.15. The lowest BCUT2D eigenvalue weighted by Crippen LogP contribution is -2.40. The quantitative estimate of drug-likeness (QED) is 0.296. The van der Waals surface area contributed by atoms with Crippen molar-refractivity contribution >= 4 is 44.9 Å². The van der Waals surface area contributed by atoms with Gasteiger partial charge in [0.05, 0.1) is 37.7 Å². The van der Waals surface area contributed by atoms with Gasteiger partial charge in [0.15, 0.2) is 0 Å². The van der Waals surface area contributed by atoms with Crippen molar-refractivity contribution in [1.82, 2.24) is 0 Å². The first-order valence-electron chi connectivity index (χ1n) is 12.5. The van der Waals surface area contributed by atoms with Gasteiger partial charge < -0.3 is 19.5 Å². The molecule has 0 spiro atoms. The third kappa shape index (κ3) is 6.05. The molecule has 4 rings (SSSR count). The van der Waals surface area contributed by atoms with Gasteiger partial charge in [-0.05, 0) is 79.8 Å². The van der Waals surface area contributed by atoms with Crippen LogP contribution < -0.4 is 24.8 Å². The number of aromatic carboxylic acids is 1.